The van der Waals surface area contributed by atoms with Gasteiger partial charge in [0.25, 0.3) is 0 Å². The van der Waals surface area contributed by atoms with E-state index in [0.29, 0.717) is 42.2 Å². The Balaban J connectivity index is 1.34. The number of ether oxygens (including phenoxy) is 2. The first-order chi connectivity index (χ1) is 17.3. The number of carbonyl (C=O) groups excluding carboxylic acids is 1. The molecule has 0 N–H and O–H groups in total. The fourth-order valence-electron chi connectivity index (χ4n) is 5.38. The third-order valence-corrected chi connectivity index (χ3v) is 7.50. The van der Waals surface area contributed by atoms with Gasteiger partial charge < -0.3 is 23.7 Å². The van der Waals surface area contributed by atoms with Crippen LogP contribution < -0.4 is 20.0 Å². The maximum absolute atomic E-state index is 13.1. The molecule has 5 rings (SSSR count). The Labute approximate surface area is 211 Å². The maximum Gasteiger partial charge on any atom is 0.339 e. The van der Waals surface area contributed by atoms with Gasteiger partial charge >= 0.3 is 5.63 Å². The normalized spacial score (nSPS) is 17.0. The zero-order valence-corrected chi connectivity index (χ0v) is 21.6. The summed E-state index contributed by atoms with van der Waals surface area (Å²) in [4.78, 5) is 30.3. The van der Waals surface area contributed by atoms with Gasteiger partial charge in [0.2, 0.25) is 5.91 Å². The van der Waals surface area contributed by atoms with Crippen molar-refractivity contribution in [2.75, 3.05) is 38.2 Å². The molecule has 1 saturated heterocycles. The molecule has 0 unspecified atom stereocenters. The molecular weight excluding hydrogens is 456 g/mol. The van der Waals surface area contributed by atoms with Crippen LogP contribution in [-0.4, -0.2) is 49.7 Å². The summed E-state index contributed by atoms with van der Waals surface area (Å²) in [5, 5.41) is 0.790. The zero-order valence-electron chi connectivity index (χ0n) is 21.6. The average molecular weight is 491 g/mol. The van der Waals surface area contributed by atoms with Crippen LogP contribution in [0.4, 0.5) is 5.69 Å². The first-order valence-electron chi connectivity index (χ1n) is 12.7. The van der Waals surface area contributed by atoms with Gasteiger partial charge in [-0.2, -0.15) is 0 Å². The van der Waals surface area contributed by atoms with Crippen LogP contribution in [0.15, 0.2) is 45.6 Å². The van der Waals surface area contributed by atoms with Crippen molar-refractivity contribution in [1.29, 1.82) is 0 Å². The van der Waals surface area contributed by atoms with Crippen molar-refractivity contribution in [3.8, 4) is 11.5 Å². The van der Waals surface area contributed by atoms with Gasteiger partial charge in [-0.25, -0.2) is 4.79 Å². The smallest absolute Gasteiger partial charge is 0.339 e. The quantitative estimate of drug-likeness (QED) is 0.491. The fourth-order valence-corrected chi connectivity index (χ4v) is 5.38. The number of amides is 1. The van der Waals surface area contributed by atoms with E-state index < -0.39 is 0 Å². The van der Waals surface area contributed by atoms with Crippen molar-refractivity contribution in [3.63, 3.8) is 0 Å². The number of benzene rings is 2. The van der Waals surface area contributed by atoms with E-state index >= 15 is 0 Å². The lowest BCUT2D eigenvalue weighted by atomic mass is 9.91. The Bertz CT molecular complexity index is 1340. The second-order valence-electron chi connectivity index (χ2n) is 10.3. The number of carbonyl (C=O) groups is 1. The zero-order chi connectivity index (χ0) is 25.4. The summed E-state index contributed by atoms with van der Waals surface area (Å²) in [6.45, 7) is 8.97. The highest BCUT2D eigenvalue weighted by molar-refractivity contribution is 5.92. The standard InChI is InChI=1S/C29H34N2O5/c1-19-21(10-11-25(32)31-16-14-30(15-17-31)20-8-6-5-7-9-20)28(33)35-27-22-12-13-29(2,3)36-23(22)18-24(34-4)26(19)27/h5-9,18H,10-17H2,1-4H3. The minimum absolute atomic E-state index is 0.0645. The van der Waals surface area contributed by atoms with Crippen LogP contribution in [0.25, 0.3) is 11.0 Å². The predicted molar refractivity (Wildman–Crippen MR) is 140 cm³/mol. The third-order valence-electron chi connectivity index (χ3n) is 7.50. The van der Waals surface area contributed by atoms with Crippen molar-refractivity contribution in [3.05, 3.63) is 63.5 Å². The molecule has 7 nitrogen and oxygen atoms in total. The van der Waals surface area contributed by atoms with E-state index in [4.69, 9.17) is 13.9 Å². The molecule has 1 amide bonds. The van der Waals surface area contributed by atoms with Gasteiger partial charge in [-0.3, -0.25) is 4.79 Å². The Hall–Kier alpha value is -3.48. The lowest BCUT2D eigenvalue weighted by Crippen LogP contribution is -2.48. The summed E-state index contributed by atoms with van der Waals surface area (Å²) in [5.74, 6) is 1.39. The minimum Gasteiger partial charge on any atom is -0.496 e. The van der Waals surface area contributed by atoms with Crippen LogP contribution in [0.2, 0.25) is 0 Å². The van der Waals surface area contributed by atoms with Gasteiger partial charge in [-0.05, 0) is 57.7 Å². The topological polar surface area (TPSA) is 72.2 Å². The molecule has 2 aromatic carbocycles. The molecule has 0 radical (unpaired) electrons. The third kappa shape index (κ3) is 4.54. The second kappa shape index (κ2) is 9.52. The fraction of sp³-hybridized carbons (Fsp3) is 0.448. The molecule has 1 fully saturated rings. The van der Waals surface area contributed by atoms with Gasteiger partial charge in [-0.1, -0.05) is 18.2 Å². The van der Waals surface area contributed by atoms with Crippen LogP contribution in [0.5, 0.6) is 11.5 Å². The van der Waals surface area contributed by atoms with Gasteiger partial charge in [0.15, 0.2) is 0 Å². The molecule has 7 heteroatoms. The lowest BCUT2D eigenvalue weighted by Gasteiger charge is -2.36. The molecule has 0 bridgehead atoms. The number of aryl methyl sites for hydroxylation is 2. The number of hydrogen-bond donors (Lipinski definition) is 0. The van der Waals surface area contributed by atoms with Crippen molar-refractivity contribution < 1.29 is 18.7 Å². The van der Waals surface area contributed by atoms with Crippen molar-refractivity contribution in [1.82, 2.24) is 4.90 Å². The van der Waals surface area contributed by atoms with Crippen LogP contribution >= 0.6 is 0 Å². The molecule has 3 heterocycles. The Morgan fingerprint density at radius 3 is 2.53 bits per heavy atom. The van der Waals surface area contributed by atoms with Crippen LogP contribution in [-0.2, 0) is 17.6 Å². The predicted octanol–water partition coefficient (Wildman–Crippen LogP) is 4.50. The van der Waals surface area contributed by atoms with E-state index in [2.05, 4.69) is 30.9 Å². The van der Waals surface area contributed by atoms with E-state index in [1.165, 1.54) is 5.69 Å². The Kier molecular flexibility index (Phi) is 6.41. The van der Waals surface area contributed by atoms with Crippen LogP contribution in [0.1, 0.15) is 43.4 Å². The molecule has 3 aromatic rings. The summed E-state index contributed by atoms with van der Waals surface area (Å²) in [6.07, 6.45) is 2.20. The second-order valence-corrected chi connectivity index (χ2v) is 10.3. The molecule has 1 aromatic heterocycles. The average Bonchev–Trinajstić information content (AvgIpc) is 2.87. The lowest BCUT2D eigenvalue weighted by molar-refractivity contribution is -0.131. The number of piperazine rings is 1. The molecule has 190 valence electrons. The van der Waals surface area contributed by atoms with Crippen LogP contribution in [0.3, 0.4) is 0 Å². The van der Waals surface area contributed by atoms with Crippen molar-refractivity contribution in [2.45, 2.75) is 52.1 Å². The van der Waals surface area contributed by atoms with Crippen LogP contribution in [0, 0.1) is 6.92 Å². The monoisotopic (exact) mass is 490 g/mol. The summed E-state index contributed by atoms with van der Waals surface area (Å²) in [6, 6.07) is 12.2. The highest BCUT2D eigenvalue weighted by Crippen LogP contribution is 2.43. The largest absolute Gasteiger partial charge is 0.496 e. The van der Waals surface area contributed by atoms with Gasteiger partial charge in [0, 0.05) is 55.5 Å². The molecule has 0 atom stereocenters. The summed E-state index contributed by atoms with van der Waals surface area (Å²) in [7, 11) is 1.61. The van der Waals surface area contributed by atoms with E-state index in [-0.39, 0.29) is 23.6 Å². The number of hydrogen-bond acceptors (Lipinski definition) is 6. The van der Waals surface area contributed by atoms with E-state index in [1.807, 2.05) is 36.1 Å². The first-order valence-corrected chi connectivity index (χ1v) is 12.7. The summed E-state index contributed by atoms with van der Waals surface area (Å²) < 4.78 is 17.7. The number of anilines is 1. The van der Waals surface area contributed by atoms with Gasteiger partial charge in [-0.15, -0.1) is 0 Å². The molecule has 0 aliphatic carbocycles. The number of methoxy groups -OCH3 is 1. The Morgan fingerprint density at radius 2 is 1.83 bits per heavy atom. The molecule has 36 heavy (non-hydrogen) atoms. The Morgan fingerprint density at radius 1 is 1.11 bits per heavy atom. The van der Waals surface area contributed by atoms with E-state index in [9.17, 15) is 9.59 Å². The SMILES string of the molecule is COc1cc2c(c3oc(=O)c(CCC(=O)N4CCN(c5ccccc5)CC4)c(C)c13)CCC(C)(C)O2. The first kappa shape index (κ1) is 24.2. The summed E-state index contributed by atoms with van der Waals surface area (Å²) >= 11 is 0. The molecule has 0 spiro atoms. The molecule has 0 saturated carbocycles. The molecule has 2 aliphatic heterocycles. The maximum atomic E-state index is 13.1. The molecule has 2 aliphatic rings. The number of fused-ring (bicyclic) bond motifs is 3. The number of nitrogens with zero attached hydrogens (tertiary/aromatic N) is 2. The number of para-hydroxylation sites is 1. The van der Waals surface area contributed by atoms with Crippen molar-refractivity contribution in [2.24, 2.45) is 0 Å². The summed E-state index contributed by atoms with van der Waals surface area (Å²) in [5.41, 5.74) is 3.30. The highest BCUT2D eigenvalue weighted by atomic mass is 16.5. The van der Waals surface area contributed by atoms with E-state index in [0.717, 1.165) is 42.4 Å². The van der Waals surface area contributed by atoms with Crippen molar-refractivity contribution >= 4 is 22.6 Å². The highest BCUT2D eigenvalue weighted by Gasteiger charge is 2.31. The molecular formula is C29H34N2O5. The van der Waals surface area contributed by atoms with E-state index in [1.54, 1.807) is 7.11 Å². The minimum atomic E-state index is -0.387. The van der Waals surface area contributed by atoms with Gasteiger partial charge in [0.05, 0.1) is 12.5 Å². The number of rotatable bonds is 5. The van der Waals surface area contributed by atoms with Gasteiger partial charge in [0.1, 0.15) is 22.7 Å².